The number of amides is 2. The zero-order valence-corrected chi connectivity index (χ0v) is 12.2. The van der Waals surface area contributed by atoms with Gasteiger partial charge in [-0.1, -0.05) is 31.5 Å². The summed E-state index contributed by atoms with van der Waals surface area (Å²) in [5, 5.41) is 8.97. The third-order valence-corrected chi connectivity index (χ3v) is 2.70. The van der Waals surface area contributed by atoms with Crippen molar-refractivity contribution in [3.8, 4) is 0 Å². The van der Waals surface area contributed by atoms with Gasteiger partial charge in [-0.05, 0) is 31.4 Å². The number of hydrazone groups is 1. The number of urea groups is 1. The van der Waals surface area contributed by atoms with Gasteiger partial charge in [-0.3, -0.25) is 10.2 Å². The van der Waals surface area contributed by atoms with Gasteiger partial charge in [0, 0.05) is 5.69 Å². The maximum absolute atomic E-state index is 11.7. The minimum absolute atomic E-state index is 0.346. The molecule has 0 aromatic heterocycles. The third-order valence-electron chi connectivity index (χ3n) is 2.70. The van der Waals surface area contributed by atoms with E-state index in [1.54, 1.807) is 0 Å². The van der Waals surface area contributed by atoms with Crippen molar-refractivity contribution in [2.75, 3.05) is 11.9 Å². The van der Waals surface area contributed by atoms with Gasteiger partial charge in [-0.25, -0.2) is 4.79 Å². The number of hydrogen-bond acceptors (Lipinski definition) is 4. The van der Waals surface area contributed by atoms with Crippen LogP contribution >= 0.6 is 0 Å². The van der Waals surface area contributed by atoms with Crippen molar-refractivity contribution in [3.05, 3.63) is 29.3 Å². The molecule has 0 saturated carbocycles. The fraction of sp³-hybridized carbons (Fsp3) is 0.429. The minimum atomic E-state index is -0.346. The Morgan fingerprint density at radius 1 is 1.35 bits per heavy atom. The van der Waals surface area contributed by atoms with E-state index in [0.717, 1.165) is 29.7 Å². The molecule has 1 rings (SSSR count). The molecule has 0 radical (unpaired) electrons. The number of benzene rings is 1. The summed E-state index contributed by atoms with van der Waals surface area (Å²) in [5.41, 5.74) is 5.22. The molecule has 0 atom stereocenters. The number of nitrogens with zero attached hydrogens (tertiary/aromatic N) is 1. The lowest BCUT2D eigenvalue weighted by Crippen LogP contribution is -2.29. The van der Waals surface area contributed by atoms with Gasteiger partial charge in [0.25, 0.3) is 0 Å². The maximum Gasteiger partial charge on any atom is 0.324 e. The van der Waals surface area contributed by atoms with E-state index in [2.05, 4.69) is 28.2 Å². The van der Waals surface area contributed by atoms with Crippen LogP contribution in [0.3, 0.4) is 0 Å². The summed E-state index contributed by atoms with van der Waals surface area (Å²) >= 11 is 0. The lowest BCUT2D eigenvalue weighted by molar-refractivity contribution is 0.0415. The van der Waals surface area contributed by atoms with E-state index in [1.165, 1.54) is 6.34 Å². The van der Waals surface area contributed by atoms with Crippen LogP contribution in [0.2, 0.25) is 0 Å². The lowest BCUT2D eigenvalue weighted by Gasteiger charge is -2.10. The molecule has 3 N–H and O–H groups in total. The minimum Gasteiger partial charge on any atom is -0.307 e. The van der Waals surface area contributed by atoms with Gasteiger partial charge in [0.2, 0.25) is 0 Å². The zero-order chi connectivity index (χ0) is 14.8. The lowest BCUT2D eigenvalue weighted by atomic mass is 10.1. The maximum atomic E-state index is 11.7. The highest BCUT2D eigenvalue weighted by molar-refractivity contribution is 5.97. The molecule has 2 amide bonds. The summed E-state index contributed by atoms with van der Waals surface area (Å²) < 4.78 is 0. The number of para-hydroxylation sites is 1. The Morgan fingerprint density at radius 2 is 2.05 bits per heavy atom. The number of rotatable bonds is 7. The van der Waals surface area contributed by atoms with Crippen LogP contribution in [-0.2, 0) is 4.84 Å². The molecule has 0 unspecified atom stereocenters. The number of nitrogens with one attached hydrogen (secondary N) is 3. The van der Waals surface area contributed by atoms with Crippen LogP contribution in [0.1, 0.15) is 30.9 Å². The van der Waals surface area contributed by atoms with Crippen LogP contribution in [0, 0.1) is 13.8 Å². The molecule has 0 heterocycles. The first-order chi connectivity index (χ1) is 9.65. The molecule has 20 heavy (non-hydrogen) atoms. The van der Waals surface area contributed by atoms with Gasteiger partial charge >= 0.3 is 6.03 Å². The van der Waals surface area contributed by atoms with Crippen molar-refractivity contribution >= 4 is 18.1 Å². The molecule has 0 bridgehead atoms. The van der Waals surface area contributed by atoms with Gasteiger partial charge in [0.05, 0.1) is 6.61 Å². The highest BCUT2D eigenvalue weighted by Gasteiger charge is 2.05. The normalized spacial score (nSPS) is 10.6. The topological polar surface area (TPSA) is 74.8 Å². The summed E-state index contributed by atoms with van der Waals surface area (Å²) in [5.74, 6) is 0. The smallest absolute Gasteiger partial charge is 0.307 e. The fourth-order valence-electron chi connectivity index (χ4n) is 1.58. The molecule has 6 nitrogen and oxygen atoms in total. The number of carbonyl (C=O) groups excluding carboxylic acids is 1. The van der Waals surface area contributed by atoms with Crippen molar-refractivity contribution in [2.45, 2.75) is 33.6 Å². The highest BCUT2D eigenvalue weighted by atomic mass is 16.7. The standard InChI is InChI=1S/C14H22N4O2/c1-4-5-9-20-18-16-10-15-14(19)17-13-11(2)7-6-8-12(13)3/h6-8,10,18H,4-5,9H2,1-3H3,(H2,15,16,17,19). The Morgan fingerprint density at radius 3 is 2.70 bits per heavy atom. The van der Waals surface area contributed by atoms with E-state index in [4.69, 9.17) is 4.84 Å². The summed E-state index contributed by atoms with van der Waals surface area (Å²) in [6.07, 6.45) is 3.26. The van der Waals surface area contributed by atoms with Crippen LogP contribution in [0.25, 0.3) is 0 Å². The average Bonchev–Trinajstić information content (AvgIpc) is 2.42. The van der Waals surface area contributed by atoms with E-state index >= 15 is 0 Å². The molecule has 6 heteroatoms. The predicted molar refractivity (Wildman–Crippen MR) is 80.6 cm³/mol. The van der Waals surface area contributed by atoms with Crippen molar-refractivity contribution in [1.29, 1.82) is 0 Å². The van der Waals surface area contributed by atoms with E-state index in [-0.39, 0.29) is 6.03 Å². The van der Waals surface area contributed by atoms with Gasteiger partial charge in [-0.2, -0.15) is 5.59 Å². The van der Waals surface area contributed by atoms with Crippen molar-refractivity contribution < 1.29 is 9.63 Å². The Labute approximate surface area is 119 Å². The summed E-state index contributed by atoms with van der Waals surface area (Å²) in [7, 11) is 0. The molecule has 1 aromatic carbocycles. The number of anilines is 1. The summed E-state index contributed by atoms with van der Waals surface area (Å²) in [6, 6.07) is 5.49. The Bertz CT molecular complexity index is 440. The zero-order valence-electron chi connectivity index (χ0n) is 12.2. The predicted octanol–water partition coefficient (Wildman–Crippen LogP) is 2.69. The molecule has 0 spiro atoms. The van der Waals surface area contributed by atoms with Crippen molar-refractivity contribution in [2.24, 2.45) is 5.10 Å². The number of hydrogen-bond donors (Lipinski definition) is 3. The van der Waals surface area contributed by atoms with E-state index < -0.39 is 0 Å². The van der Waals surface area contributed by atoms with Crippen molar-refractivity contribution in [1.82, 2.24) is 10.9 Å². The second-order valence-corrected chi connectivity index (χ2v) is 4.42. The van der Waals surface area contributed by atoms with Crippen LogP contribution in [0.15, 0.2) is 23.3 Å². The van der Waals surface area contributed by atoms with E-state index in [0.29, 0.717) is 6.61 Å². The summed E-state index contributed by atoms with van der Waals surface area (Å²) in [4.78, 5) is 16.7. The molecule has 110 valence electrons. The van der Waals surface area contributed by atoms with Crippen LogP contribution in [0.5, 0.6) is 0 Å². The number of aryl methyl sites for hydroxylation is 2. The Hall–Kier alpha value is -2.08. The quantitative estimate of drug-likeness (QED) is 0.311. The SMILES string of the molecule is CCCCON/N=C/NC(=O)Nc1c(C)cccc1C. The third kappa shape index (κ3) is 5.71. The van der Waals surface area contributed by atoms with Gasteiger partial charge in [-0.15, -0.1) is 5.10 Å². The molecule has 0 saturated heterocycles. The summed E-state index contributed by atoms with van der Waals surface area (Å²) in [6.45, 7) is 6.55. The molecule has 0 aliphatic carbocycles. The first-order valence-corrected chi connectivity index (χ1v) is 6.67. The Kier molecular flexibility index (Phi) is 7.13. The monoisotopic (exact) mass is 278 g/mol. The Balaban J connectivity index is 2.32. The molecule has 1 aromatic rings. The van der Waals surface area contributed by atoms with Crippen molar-refractivity contribution in [3.63, 3.8) is 0 Å². The van der Waals surface area contributed by atoms with E-state index in [1.807, 2.05) is 32.0 Å². The number of unbranched alkanes of at least 4 members (excludes halogenated alkanes) is 1. The first kappa shape index (κ1) is 16.0. The molecule has 0 aliphatic heterocycles. The highest BCUT2D eigenvalue weighted by Crippen LogP contribution is 2.18. The van der Waals surface area contributed by atoms with Crippen LogP contribution < -0.4 is 16.2 Å². The molecular weight excluding hydrogens is 256 g/mol. The average molecular weight is 278 g/mol. The van der Waals surface area contributed by atoms with Crippen LogP contribution in [0.4, 0.5) is 10.5 Å². The van der Waals surface area contributed by atoms with Gasteiger partial charge in [0.15, 0.2) is 0 Å². The second-order valence-electron chi connectivity index (χ2n) is 4.42. The fourth-order valence-corrected chi connectivity index (χ4v) is 1.58. The molecular formula is C14H22N4O2. The number of carbonyl (C=O) groups is 1. The largest absolute Gasteiger partial charge is 0.324 e. The first-order valence-electron chi connectivity index (χ1n) is 6.67. The van der Waals surface area contributed by atoms with Gasteiger partial charge in [0.1, 0.15) is 6.34 Å². The van der Waals surface area contributed by atoms with Crippen LogP contribution in [-0.4, -0.2) is 19.0 Å². The van der Waals surface area contributed by atoms with Gasteiger partial charge < -0.3 is 5.32 Å². The second kappa shape index (κ2) is 8.92. The van der Waals surface area contributed by atoms with E-state index in [9.17, 15) is 4.79 Å². The molecule has 0 fully saturated rings. The molecule has 0 aliphatic rings.